The minimum atomic E-state index is -0.190. The number of H-pyrrole nitrogens is 1. The highest BCUT2D eigenvalue weighted by Crippen LogP contribution is 2.29. The fraction of sp³-hybridized carbons (Fsp3) is 0.296. The minimum absolute atomic E-state index is 0.0321. The molecule has 0 aliphatic rings. The van der Waals surface area contributed by atoms with E-state index in [0.717, 1.165) is 23.1 Å². The van der Waals surface area contributed by atoms with Gasteiger partial charge in [-0.2, -0.15) is 0 Å². The molecule has 4 aromatic rings. The highest BCUT2D eigenvalue weighted by Gasteiger charge is 2.15. The lowest BCUT2D eigenvalue weighted by molar-refractivity contribution is 0.102. The number of likely N-dealkylation sites (N-methyl/N-ethyl adjacent to an activating group) is 1. The number of carbonyl (C=O) groups is 1. The van der Waals surface area contributed by atoms with Gasteiger partial charge in [0, 0.05) is 24.0 Å². The van der Waals surface area contributed by atoms with E-state index in [9.17, 15) is 4.79 Å². The molecule has 0 saturated heterocycles. The number of carbonyl (C=O) groups excluding carboxylic acids is 1. The van der Waals surface area contributed by atoms with Gasteiger partial charge in [0.2, 0.25) is 5.88 Å². The lowest BCUT2D eigenvalue weighted by Crippen LogP contribution is -2.19. The summed E-state index contributed by atoms with van der Waals surface area (Å²) in [4.78, 5) is 19.4. The lowest BCUT2D eigenvalue weighted by Gasteiger charge is -2.19. The standard InChI is InChI=1S/C27H32N6O2/c1-27(2,3)19-10-8-18(9-11-19)25(34)30-22-7-6-14-28-24(22)29-20-12-13-21-23(17-20)31-32-26(21)35-16-15-33(4)5/h6-14,17H,15-16H2,1-5H3,(H,28,29)(H,30,34)(H,31,32). The average molecular weight is 473 g/mol. The second-order valence-electron chi connectivity index (χ2n) is 9.75. The molecule has 35 heavy (non-hydrogen) atoms. The van der Waals surface area contributed by atoms with Crippen LogP contribution in [0, 0.1) is 0 Å². The van der Waals surface area contributed by atoms with E-state index in [2.05, 4.69) is 51.5 Å². The van der Waals surface area contributed by atoms with Gasteiger partial charge in [-0.05, 0) is 67.5 Å². The molecule has 0 saturated carbocycles. The third-order valence-electron chi connectivity index (χ3n) is 5.64. The van der Waals surface area contributed by atoms with Crippen LogP contribution in [0.5, 0.6) is 5.88 Å². The molecule has 182 valence electrons. The van der Waals surface area contributed by atoms with Crippen LogP contribution in [-0.4, -0.2) is 53.2 Å². The summed E-state index contributed by atoms with van der Waals surface area (Å²) in [5.74, 6) is 0.940. The first kappa shape index (κ1) is 24.2. The van der Waals surface area contributed by atoms with Gasteiger partial charge >= 0.3 is 0 Å². The molecule has 2 aromatic carbocycles. The van der Waals surface area contributed by atoms with E-state index < -0.39 is 0 Å². The van der Waals surface area contributed by atoms with Crippen molar-refractivity contribution >= 4 is 34.0 Å². The summed E-state index contributed by atoms with van der Waals surface area (Å²) in [6.45, 7) is 7.81. The van der Waals surface area contributed by atoms with Crippen LogP contribution in [-0.2, 0) is 5.41 Å². The largest absolute Gasteiger partial charge is 0.475 e. The summed E-state index contributed by atoms with van der Waals surface area (Å²) in [5, 5.41) is 14.5. The summed E-state index contributed by atoms with van der Waals surface area (Å²) >= 11 is 0. The van der Waals surface area contributed by atoms with Gasteiger partial charge in [0.1, 0.15) is 6.61 Å². The Labute approximate surface area is 205 Å². The summed E-state index contributed by atoms with van der Waals surface area (Å²) in [6.07, 6.45) is 1.68. The van der Waals surface area contributed by atoms with E-state index in [-0.39, 0.29) is 11.3 Å². The van der Waals surface area contributed by atoms with Crippen LogP contribution < -0.4 is 15.4 Å². The van der Waals surface area contributed by atoms with Crippen LogP contribution in [0.3, 0.4) is 0 Å². The molecule has 4 rings (SSSR count). The van der Waals surface area contributed by atoms with Crippen LogP contribution in [0.2, 0.25) is 0 Å². The third kappa shape index (κ3) is 5.96. The molecule has 0 unspecified atom stereocenters. The molecule has 0 radical (unpaired) electrons. The molecule has 0 spiro atoms. The fourth-order valence-electron chi connectivity index (χ4n) is 3.57. The van der Waals surface area contributed by atoms with Crippen molar-refractivity contribution in [3.63, 3.8) is 0 Å². The van der Waals surface area contributed by atoms with Crippen molar-refractivity contribution in [2.24, 2.45) is 0 Å². The lowest BCUT2D eigenvalue weighted by atomic mass is 9.87. The summed E-state index contributed by atoms with van der Waals surface area (Å²) in [5.41, 5.74) is 4.05. The van der Waals surface area contributed by atoms with Crippen molar-refractivity contribution < 1.29 is 9.53 Å². The maximum absolute atomic E-state index is 12.9. The molecule has 8 nitrogen and oxygen atoms in total. The van der Waals surface area contributed by atoms with Gasteiger partial charge in [-0.25, -0.2) is 4.98 Å². The van der Waals surface area contributed by atoms with Gasteiger partial charge in [-0.3, -0.25) is 9.89 Å². The minimum Gasteiger partial charge on any atom is -0.475 e. The Balaban J connectivity index is 1.48. The van der Waals surface area contributed by atoms with Gasteiger partial charge in [-0.1, -0.05) is 32.9 Å². The number of rotatable bonds is 8. The molecule has 2 aromatic heterocycles. The second kappa shape index (κ2) is 10.1. The maximum atomic E-state index is 12.9. The zero-order chi connectivity index (χ0) is 25.0. The van der Waals surface area contributed by atoms with E-state index >= 15 is 0 Å². The van der Waals surface area contributed by atoms with Crippen LogP contribution in [0.4, 0.5) is 17.2 Å². The Morgan fingerprint density at radius 3 is 2.57 bits per heavy atom. The van der Waals surface area contributed by atoms with Crippen molar-refractivity contribution in [1.82, 2.24) is 20.1 Å². The number of aromatic amines is 1. The van der Waals surface area contributed by atoms with Gasteiger partial charge in [0.05, 0.1) is 16.6 Å². The Morgan fingerprint density at radius 2 is 1.86 bits per heavy atom. The summed E-state index contributed by atoms with van der Waals surface area (Å²) < 4.78 is 5.79. The number of hydrogen-bond donors (Lipinski definition) is 3. The number of anilines is 3. The SMILES string of the molecule is CN(C)CCOc1n[nH]c2cc(Nc3ncccc3NC(=O)c3ccc(C(C)(C)C)cc3)ccc12. The van der Waals surface area contributed by atoms with Crippen molar-refractivity contribution in [3.05, 3.63) is 71.9 Å². The number of pyridine rings is 1. The van der Waals surface area contributed by atoms with Crippen LogP contribution in [0.15, 0.2) is 60.8 Å². The zero-order valence-corrected chi connectivity index (χ0v) is 20.8. The van der Waals surface area contributed by atoms with Crippen molar-refractivity contribution in [1.29, 1.82) is 0 Å². The van der Waals surface area contributed by atoms with E-state index in [1.807, 2.05) is 62.6 Å². The first-order valence-corrected chi connectivity index (χ1v) is 11.6. The number of benzene rings is 2. The molecule has 0 aliphatic carbocycles. The predicted molar refractivity (Wildman–Crippen MR) is 141 cm³/mol. The third-order valence-corrected chi connectivity index (χ3v) is 5.64. The molecule has 3 N–H and O–H groups in total. The first-order chi connectivity index (χ1) is 16.7. The molecular formula is C27H32N6O2. The predicted octanol–water partition coefficient (Wildman–Crippen LogP) is 5.19. The topological polar surface area (TPSA) is 95.2 Å². The maximum Gasteiger partial charge on any atom is 0.255 e. The van der Waals surface area contributed by atoms with Gasteiger partial charge in [0.25, 0.3) is 5.91 Å². The molecule has 2 heterocycles. The molecule has 0 fully saturated rings. The monoisotopic (exact) mass is 472 g/mol. The quantitative estimate of drug-likeness (QED) is 0.327. The number of hydrogen-bond acceptors (Lipinski definition) is 6. The molecule has 8 heteroatoms. The molecule has 0 aliphatic heterocycles. The number of fused-ring (bicyclic) bond motifs is 1. The van der Waals surface area contributed by atoms with Crippen LogP contribution >= 0.6 is 0 Å². The Bertz CT molecular complexity index is 1310. The first-order valence-electron chi connectivity index (χ1n) is 11.6. The Kier molecular flexibility index (Phi) is 7.02. The smallest absolute Gasteiger partial charge is 0.255 e. The molecular weight excluding hydrogens is 440 g/mol. The normalized spacial score (nSPS) is 11.6. The van der Waals surface area contributed by atoms with E-state index in [4.69, 9.17) is 4.74 Å². The highest BCUT2D eigenvalue weighted by atomic mass is 16.5. The van der Waals surface area contributed by atoms with E-state index in [0.29, 0.717) is 29.6 Å². The zero-order valence-electron chi connectivity index (χ0n) is 20.8. The Hall–Kier alpha value is -3.91. The van der Waals surface area contributed by atoms with E-state index in [1.54, 1.807) is 12.3 Å². The van der Waals surface area contributed by atoms with Crippen molar-refractivity contribution in [2.75, 3.05) is 37.9 Å². The van der Waals surface area contributed by atoms with E-state index in [1.165, 1.54) is 5.56 Å². The van der Waals surface area contributed by atoms with Gasteiger partial charge < -0.3 is 20.3 Å². The summed E-state index contributed by atoms with van der Waals surface area (Å²) in [6, 6.07) is 17.1. The summed E-state index contributed by atoms with van der Waals surface area (Å²) in [7, 11) is 4.00. The number of amides is 1. The van der Waals surface area contributed by atoms with Gasteiger partial charge in [-0.15, -0.1) is 5.10 Å². The average Bonchev–Trinajstić information content (AvgIpc) is 3.22. The number of nitrogens with one attached hydrogen (secondary N) is 3. The molecule has 0 atom stereocenters. The number of aromatic nitrogens is 3. The van der Waals surface area contributed by atoms with Gasteiger partial charge in [0.15, 0.2) is 5.82 Å². The second-order valence-corrected chi connectivity index (χ2v) is 9.75. The number of nitrogens with zero attached hydrogens (tertiary/aromatic N) is 3. The van der Waals surface area contributed by atoms with Crippen LogP contribution in [0.1, 0.15) is 36.7 Å². The van der Waals surface area contributed by atoms with Crippen molar-refractivity contribution in [2.45, 2.75) is 26.2 Å². The molecule has 1 amide bonds. The highest BCUT2D eigenvalue weighted by molar-refractivity contribution is 6.05. The molecule has 0 bridgehead atoms. The van der Waals surface area contributed by atoms with Crippen molar-refractivity contribution in [3.8, 4) is 5.88 Å². The Morgan fingerprint density at radius 1 is 1.09 bits per heavy atom. The number of ether oxygens (including phenoxy) is 1. The fourth-order valence-corrected chi connectivity index (χ4v) is 3.57. The van der Waals surface area contributed by atoms with Crippen LogP contribution in [0.25, 0.3) is 10.9 Å².